The van der Waals surface area contributed by atoms with E-state index >= 15 is 0 Å². The monoisotopic (exact) mass is 344 g/mol. The van der Waals surface area contributed by atoms with Crippen LogP contribution in [0.5, 0.6) is 0 Å². The van der Waals surface area contributed by atoms with E-state index in [0.717, 1.165) is 25.2 Å². The number of carbonyl (C=O) groups excluding carboxylic acids is 1. The van der Waals surface area contributed by atoms with E-state index in [2.05, 4.69) is 41.1 Å². The van der Waals surface area contributed by atoms with E-state index in [1.807, 2.05) is 6.07 Å². The molecule has 1 aromatic carbocycles. The molecule has 24 heavy (non-hydrogen) atoms. The van der Waals surface area contributed by atoms with Crippen LogP contribution in [-0.2, 0) is 10.2 Å². The fraction of sp³-hybridized carbons (Fsp3) is 0.368. The molecule has 1 aliphatic rings. The summed E-state index contributed by atoms with van der Waals surface area (Å²) in [4.78, 5) is 18.3. The molecule has 0 saturated carbocycles. The topological polar surface area (TPSA) is 42.4 Å². The highest BCUT2D eigenvalue weighted by atomic mass is 35.5. The Morgan fingerprint density at radius 2 is 2.12 bits per heavy atom. The molecular weight excluding hydrogens is 324 g/mol. The third-order valence-corrected chi connectivity index (χ3v) is 4.89. The zero-order valence-corrected chi connectivity index (χ0v) is 14.7. The van der Waals surface area contributed by atoms with Gasteiger partial charge in [-0.05, 0) is 25.0 Å². The highest BCUT2D eigenvalue weighted by Gasteiger charge is 2.35. The number of esters is 1. The summed E-state index contributed by atoms with van der Waals surface area (Å²) in [6.07, 6.45) is 2.77. The molecule has 1 atom stereocenters. The maximum Gasteiger partial charge on any atom is 0.358 e. The molecule has 1 unspecified atom stereocenters. The maximum atomic E-state index is 11.8. The standard InChI is InChI=1S/C19H21ClN2O2/c1-3-24-18(23)17-16(20)11-15(12-21-17)22-10-9-19(2,13-22)14-7-5-4-6-8-14/h4-8,11-12H,3,9-10,13H2,1-2H3. The molecule has 1 fully saturated rings. The minimum absolute atomic E-state index is 0.105. The molecule has 0 bridgehead atoms. The molecule has 4 nitrogen and oxygen atoms in total. The minimum atomic E-state index is -0.482. The number of rotatable bonds is 4. The van der Waals surface area contributed by atoms with Gasteiger partial charge in [0.2, 0.25) is 0 Å². The first-order valence-corrected chi connectivity index (χ1v) is 8.54. The Kier molecular flexibility index (Phi) is 4.76. The van der Waals surface area contributed by atoms with Gasteiger partial charge in [0, 0.05) is 18.5 Å². The van der Waals surface area contributed by atoms with Crippen LogP contribution in [0, 0.1) is 0 Å². The van der Waals surface area contributed by atoms with Gasteiger partial charge in [0.1, 0.15) is 0 Å². The highest BCUT2D eigenvalue weighted by molar-refractivity contribution is 6.33. The van der Waals surface area contributed by atoms with E-state index in [1.54, 1.807) is 19.2 Å². The van der Waals surface area contributed by atoms with Crippen LogP contribution < -0.4 is 4.90 Å². The zero-order chi connectivity index (χ0) is 17.2. The summed E-state index contributed by atoms with van der Waals surface area (Å²) in [5.74, 6) is -0.482. The van der Waals surface area contributed by atoms with Crippen molar-refractivity contribution in [2.24, 2.45) is 0 Å². The van der Waals surface area contributed by atoms with E-state index in [-0.39, 0.29) is 11.1 Å². The summed E-state index contributed by atoms with van der Waals surface area (Å²) < 4.78 is 4.97. The van der Waals surface area contributed by atoms with Crippen LogP contribution in [0.4, 0.5) is 5.69 Å². The Morgan fingerprint density at radius 1 is 1.38 bits per heavy atom. The van der Waals surface area contributed by atoms with Crippen molar-refractivity contribution in [2.75, 3.05) is 24.6 Å². The molecule has 3 rings (SSSR count). The van der Waals surface area contributed by atoms with Crippen molar-refractivity contribution in [1.82, 2.24) is 4.98 Å². The number of halogens is 1. The van der Waals surface area contributed by atoms with Gasteiger partial charge >= 0.3 is 5.97 Å². The molecule has 0 radical (unpaired) electrons. The lowest BCUT2D eigenvalue weighted by molar-refractivity contribution is 0.0520. The molecule has 2 heterocycles. The van der Waals surface area contributed by atoms with Crippen LogP contribution in [-0.4, -0.2) is 30.6 Å². The molecule has 2 aromatic rings. The van der Waals surface area contributed by atoms with Crippen LogP contribution in [0.3, 0.4) is 0 Å². The van der Waals surface area contributed by atoms with Crippen molar-refractivity contribution in [1.29, 1.82) is 0 Å². The van der Waals surface area contributed by atoms with Crippen molar-refractivity contribution >= 4 is 23.3 Å². The smallest absolute Gasteiger partial charge is 0.358 e. The van der Waals surface area contributed by atoms with E-state index in [4.69, 9.17) is 16.3 Å². The van der Waals surface area contributed by atoms with Gasteiger partial charge in [0.05, 0.1) is 23.5 Å². The largest absolute Gasteiger partial charge is 0.461 e. The lowest BCUT2D eigenvalue weighted by Gasteiger charge is -2.26. The predicted octanol–water partition coefficient (Wildman–Crippen LogP) is 4.08. The summed E-state index contributed by atoms with van der Waals surface area (Å²) >= 11 is 6.24. The van der Waals surface area contributed by atoms with Gasteiger partial charge in [-0.2, -0.15) is 0 Å². The first-order chi connectivity index (χ1) is 11.5. The quantitative estimate of drug-likeness (QED) is 0.784. The minimum Gasteiger partial charge on any atom is -0.461 e. The summed E-state index contributed by atoms with van der Waals surface area (Å²) in [5.41, 5.74) is 2.56. The molecule has 1 saturated heterocycles. The SMILES string of the molecule is CCOC(=O)c1ncc(N2CCC(C)(c3ccccc3)C2)cc1Cl. The Hall–Kier alpha value is -2.07. The molecular formula is C19H21ClN2O2. The van der Waals surface area contributed by atoms with Gasteiger partial charge in [-0.25, -0.2) is 9.78 Å². The molecule has 0 spiro atoms. The number of aromatic nitrogens is 1. The number of pyridine rings is 1. The van der Waals surface area contributed by atoms with Crippen molar-refractivity contribution in [3.05, 3.63) is 58.9 Å². The Labute approximate surface area is 147 Å². The first kappa shape index (κ1) is 16.8. The van der Waals surface area contributed by atoms with Crippen LogP contribution in [0.25, 0.3) is 0 Å². The van der Waals surface area contributed by atoms with Crippen molar-refractivity contribution in [3.8, 4) is 0 Å². The zero-order valence-electron chi connectivity index (χ0n) is 14.0. The van der Waals surface area contributed by atoms with Gasteiger partial charge in [-0.3, -0.25) is 0 Å². The highest BCUT2D eigenvalue weighted by Crippen LogP contribution is 2.36. The summed E-state index contributed by atoms with van der Waals surface area (Å²) in [6.45, 7) is 6.18. The third-order valence-electron chi connectivity index (χ3n) is 4.60. The molecule has 0 amide bonds. The number of hydrogen-bond donors (Lipinski definition) is 0. The number of benzene rings is 1. The lowest BCUT2D eigenvalue weighted by atomic mass is 9.82. The Morgan fingerprint density at radius 3 is 2.79 bits per heavy atom. The first-order valence-electron chi connectivity index (χ1n) is 8.16. The van der Waals surface area contributed by atoms with Gasteiger partial charge in [0.25, 0.3) is 0 Å². The summed E-state index contributed by atoms with van der Waals surface area (Å²) in [6, 6.07) is 12.4. The predicted molar refractivity (Wildman–Crippen MR) is 95.8 cm³/mol. The number of hydrogen-bond acceptors (Lipinski definition) is 4. The van der Waals surface area contributed by atoms with Crippen LogP contribution in [0.15, 0.2) is 42.6 Å². The number of ether oxygens (including phenoxy) is 1. The average Bonchev–Trinajstić information content (AvgIpc) is 2.99. The van der Waals surface area contributed by atoms with E-state index < -0.39 is 5.97 Å². The second-order valence-electron chi connectivity index (χ2n) is 6.34. The van der Waals surface area contributed by atoms with Crippen LogP contribution in [0.1, 0.15) is 36.3 Å². The molecule has 0 N–H and O–H groups in total. The van der Waals surface area contributed by atoms with Gasteiger partial charge in [0.15, 0.2) is 5.69 Å². The normalized spacial score (nSPS) is 20.2. The van der Waals surface area contributed by atoms with E-state index in [9.17, 15) is 4.79 Å². The van der Waals surface area contributed by atoms with Crippen molar-refractivity contribution in [2.45, 2.75) is 25.7 Å². The number of anilines is 1. The summed E-state index contributed by atoms with van der Waals surface area (Å²) in [5, 5.41) is 0.333. The van der Waals surface area contributed by atoms with E-state index in [1.165, 1.54) is 5.56 Å². The number of carbonyl (C=O) groups is 1. The summed E-state index contributed by atoms with van der Waals surface area (Å²) in [7, 11) is 0. The fourth-order valence-corrected chi connectivity index (χ4v) is 3.45. The van der Waals surface area contributed by atoms with Gasteiger partial charge in [-0.15, -0.1) is 0 Å². The Balaban J connectivity index is 1.79. The molecule has 0 aliphatic carbocycles. The molecule has 1 aliphatic heterocycles. The maximum absolute atomic E-state index is 11.8. The van der Waals surface area contributed by atoms with Crippen LogP contribution in [0.2, 0.25) is 5.02 Å². The second-order valence-corrected chi connectivity index (χ2v) is 6.75. The average molecular weight is 345 g/mol. The van der Waals surface area contributed by atoms with Gasteiger partial charge in [-0.1, -0.05) is 48.9 Å². The van der Waals surface area contributed by atoms with Gasteiger partial charge < -0.3 is 9.64 Å². The molecule has 126 valence electrons. The molecule has 1 aromatic heterocycles. The number of nitrogens with zero attached hydrogens (tertiary/aromatic N) is 2. The van der Waals surface area contributed by atoms with Crippen molar-refractivity contribution in [3.63, 3.8) is 0 Å². The fourth-order valence-electron chi connectivity index (χ4n) is 3.21. The van der Waals surface area contributed by atoms with E-state index in [0.29, 0.717) is 11.6 Å². The lowest BCUT2D eigenvalue weighted by Crippen LogP contribution is -2.28. The van der Waals surface area contributed by atoms with Crippen LogP contribution >= 0.6 is 11.6 Å². The van der Waals surface area contributed by atoms with Crippen molar-refractivity contribution < 1.29 is 9.53 Å². The molecule has 5 heteroatoms. The third kappa shape index (κ3) is 3.24. The second kappa shape index (κ2) is 6.81. The Bertz CT molecular complexity index is 735.